The van der Waals surface area contributed by atoms with Gasteiger partial charge in [0.25, 0.3) is 0 Å². The Morgan fingerprint density at radius 2 is 2.21 bits per heavy atom. The molecular formula is C13H19BrClN3O. The van der Waals surface area contributed by atoms with Gasteiger partial charge in [-0.3, -0.25) is 4.90 Å². The van der Waals surface area contributed by atoms with Crippen LogP contribution in [0.5, 0.6) is 0 Å². The van der Waals surface area contributed by atoms with Gasteiger partial charge in [0, 0.05) is 19.1 Å². The van der Waals surface area contributed by atoms with Crippen LogP contribution in [0, 0.1) is 0 Å². The van der Waals surface area contributed by atoms with Gasteiger partial charge >= 0.3 is 0 Å². The van der Waals surface area contributed by atoms with E-state index in [2.05, 4.69) is 51.6 Å². The van der Waals surface area contributed by atoms with Crippen LogP contribution < -0.4 is 0 Å². The molecule has 0 saturated carbocycles. The lowest BCUT2D eigenvalue weighted by Crippen LogP contribution is -2.42. The molecule has 2 rings (SSSR count). The van der Waals surface area contributed by atoms with Gasteiger partial charge in [-0.15, -0.1) is 0 Å². The summed E-state index contributed by atoms with van der Waals surface area (Å²) in [6, 6.07) is 0.503. The van der Waals surface area contributed by atoms with Crippen molar-refractivity contribution in [1.82, 2.24) is 14.9 Å². The summed E-state index contributed by atoms with van der Waals surface area (Å²) in [5.41, 5.74) is 0.931. The van der Waals surface area contributed by atoms with E-state index in [1.807, 2.05) is 0 Å². The molecular weight excluding hydrogens is 330 g/mol. The van der Waals surface area contributed by atoms with Crippen molar-refractivity contribution in [3.8, 4) is 0 Å². The van der Waals surface area contributed by atoms with Crippen LogP contribution in [0.15, 0.2) is 4.47 Å². The highest BCUT2D eigenvalue weighted by atomic mass is 79.9. The SMILES string of the molecule is CCc1nc(C2CN(C(C)C)CCO2)nc(Cl)c1Br. The van der Waals surface area contributed by atoms with Gasteiger partial charge in [0.15, 0.2) is 5.82 Å². The Hall–Kier alpha value is -0.230. The smallest absolute Gasteiger partial charge is 0.160 e. The number of hydrogen-bond donors (Lipinski definition) is 0. The van der Waals surface area contributed by atoms with E-state index in [9.17, 15) is 0 Å². The Labute approximate surface area is 127 Å². The molecule has 0 radical (unpaired) electrons. The lowest BCUT2D eigenvalue weighted by atomic mass is 10.2. The molecule has 2 heterocycles. The van der Waals surface area contributed by atoms with Crippen LogP contribution in [0.4, 0.5) is 0 Å². The monoisotopic (exact) mass is 347 g/mol. The maximum Gasteiger partial charge on any atom is 0.160 e. The number of morpholine rings is 1. The molecule has 1 aliphatic heterocycles. The zero-order chi connectivity index (χ0) is 14.0. The number of ether oxygens (including phenoxy) is 1. The molecule has 106 valence electrons. The first kappa shape index (κ1) is 15.2. The van der Waals surface area contributed by atoms with E-state index in [1.54, 1.807) is 0 Å². The second-order valence-electron chi connectivity index (χ2n) is 4.93. The van der Waals surface area contributed by atoms with Crippen LogP contribution in [0.3, 0.4) is 0 Å². The summed E-state index contributed by atoms with van der Waals surface area (Å²) in [5.74, 6) is 0.690. The molecule has 1 aromatic rings. The average Bonchev–Trinajstić information content (AvgIpc) is 2.41. The van der Waals surface area contributed by atoms with E-state index in [-0.39, 0.29) is 6.10 Å². The molecule has 1 saturated heterocycles. The molecule has 0 spiro atoms. The first-order valence-corrected chi connectivity index (χ1v) is 7.77. The number of aryl methyl sites for hydroxylation is 1. The van der Waals surface area contributed by atoms with Gasteiger partial charge in [-0.2, -0.15) is 0 Å². The molecule has 0 aromatic carbocycles. The number of hydrogen-bond acceptors (Lipinski definition) is 4. The Bertz CT molecular complexity index is 456. The van der Waals surface area contributed by atoms with E-state index in [0.29, 0.717) is 23.6 Å². The van der Waals surface area contributed by atoms with Gasteiger partial charge in [0.1, 0.15) is 11.3 Å². The third-order valence-electron chi connectivity index (χ3n) is 3.35. The summed E-state index contributed by atoms with van der Waals surface area (Å²) >= 11 is 9.57. The van der Waals surface area contributed by atoms with E-state index >= 15 is 0 Å². The minimum atomic E-state index is -0.0907. The van der Waals surface area contributed by atoms with Crippen LogP contribution in [0.25, 0.3) is 0 Å². The summed E-state index contributed by atoms with van der Waals surface area (Å²) in [7, 11) is 0. The second-order valence-corrected chi connectivity index (χ2v) is 6.09. The van der Waals surface area contributed by atoms with Crippen LogP contribution in [-0.2, 0) is 11.2 Å². The summed E-state index contributed by atoms with van der Waals surface area (Å²) in [4.78, 5) is 11.3. The molecule has 1 unspecified atom stereocenters. The highest BCUT2D eigenvalue weighted by Crippen LogP contribution is 2.28. The number of aromatic nitrogens is 2. The van der Waals surface area contributed by atoms with Gasteiger partial charge in [-0.25, -0.2) is 9.97 Å². The zero-order valence-corrected chi connectivity index (χ0v) is 13.8. The molecule has 1 fully saturated rings. The molecule has 0 N–H and O–H groups in total. The third kappa shape index (κ3) is 3.45. The van der Waals surface area contributed by atoms with Gasteiger partial charge in [0.2, 0.25) is 0 Å². The highest BCUT2D eigenvalue weighted by Gasteiger charge is 2.26. The molecule has 4 nitrogen and oxygen atoms in total. The van der Waals surface area contributed by atoms with Crippen LogP contribution >= 0.6 is 27.5 Å². The van der Waals surface area contributed by atoms with Crippen molar-refractivity contribution in [2.24, 2.45) is 0 Å². The highest BCUT2D eigenvalue weighted by molar-refractivity contribution is 9.10. The van der Waals surface area contributed by atoms with Crippen molar-refractivity contribution >= 4 is 27.5 Å². The Morgan fingerprint density at radius 3 is 2.84 bits per heavy atom. The molecule has 0 bridgehead atoms. The predicted octanol–water partition coefficient (Wildman–Crippen LogP) is 3.24. The number of nitrogens with zero attached hydrogens (tertiary/aromatic N) is 3. The van der Waals surface area contributed by atoms with Crippen LogP contribution in [0.2, 0.25) is 5.15 Å². The lowest BCUT2D eigenvalue weighted by molar-refractivity contribution is -0.0443. The maximum absolute atomic E-state index is 6.15. The topological polar surface area (TPSA) is 38.2 Å². The van der Waals surface area contributed by atoms with Crippen molar-refractivity contribution < 1.29 is 4.74 Å². The predicted molar refractivity (Wildman–Crippen MR) is 79.5 cm³/mol. The normalized spacial score (nSPS) is 21.1. The average molecular weight is 349 g/mol. The van der Waals surface area contributed by atoms with Crippen molar-refractivity contribution in [1.29, 1.82) is 0 Å². The molecule has 6 heteroatoms. The van der Waals surface area contributed by atoms with Gasteiger partial charge < -0.3 is 4.74 Å². The van der Waals surface area contributed by atoms with Crippen LogP contribution in [0.1, 0.15) is 38.4 Å². The second kappa shape index (κ2) is 6.48. The molecule has 1 aliphatic rings. The fourth-order valence-electron chi connectivity index (χ4n) is 2.15. The van der Waals surface area contributed by atoms with Crippen molar-refractivity contribution in [2.75, 3.05) is 19.7 Å². The largest absolute Gasteiger partial charge is 0.368 e. The van der Waals surface area contributed by atoms with Gasteiger partial charge in [0.05, 0.1) is 16.8 Å². The van der Waals surface area contributed by atoms with E-state index in [1.165, 1.54) is 0 Å². The standard InChI is InChI=1S/C13H19BrClN3O/c1-4-9-11(14)12(15)17-13(16-9)10-7-18(8(2)3)5-6-19-10/h8,10H,4-7H2,1-3H3. The summed E-state index contributed by atoms with van der Waals surface area (Å²) in [6.45, 7) is 8.92. The zero-order valence-electron chi connectivity index (χ0n) is 11.5. The molecule has 1 aromatic heterocycles. The molecule has 0 amide bonds. The quantitative estimate of drug-likeness (QED) is 0.786. The van der Waals surface area contributed by atoms with Gasteiger partial charge in [-0.05, 0) is 36.2 Å². The summed E-state index contributed by atoms with van der Waals surface area (Å²) in [6.07, 6.45) is 0.725. The molecule has 1 atom stereocenters. The Morgan fingerprint density at radius 1 is 1.47 bits per heavy atom. The minimum absolute atomic E-state index is 0.0907. The first-order valence-electron chi connectivity index (χ1n) is 6.60. The fraction of sp³-hybridized carbons (Fsp3) is 0.692. The summed E-state index contributed by atoms with van der Waals surface area (Å²) < 4.78 is 6.59. The molecule has 0 aliphatic carbocycles. The van der Waals surface area contributed by atoms with E-state index in [0.717, 1.165) is 29.7 Å². The van der Waals surface area contributed by atoms with E-state index in [4.69, 9.17) is 16.3 Å². The van der Waals surface area contributed by atoms with E-state index < -0.39 is 0 Å². The Balaban J connectivity index is 2.24. The number of rotatable bonds is 3. The first-order chi connectivity index (χ1) is 9.02. The third-order valence-corrected chi connectivity index (χ3v) is 4.68. The lowest BCUT2D eigenvalue weighted by Gasteiger charge is -2.34. The summed E-state index contributed by atoms with van der Waals surface area (Å²) in [5, 5.41) is 0.465. The van der Waals surface area contributed by atoms with Crippen molar-refractivity contribution in [3.05, 3.63) is 21.1 Å². The van der Waals surface area contributed by atoms with Crippen molar-refractivity contribution in [3.63, 3.8) is 0 Å². The van der Waals surface area contributed by atoms with Crippen LogP contribution in [-0.4, -0.2) is 40.6 Å². The molecule has 19 heavy (non-hydrogen) atoms. The fourth-order valence-corrected chi connectivity index (χ4v) is 2.81. The maximum atomic E-state index is 6.15. The van der Waals surface area contributed by atoms with Gasteiger partial charge in [-0.1, -0.05) is 18.5 Å². The minimum Gasteiger partial charge on any atom is -0.368 e. The number of halogens is 2. The Kier molecular flexibility index (Phi) is 5.17. The van der Waals surface area contributed by atoms with Crippen molar-refractivity contribution in [2.45, 2.75) is 39.3 Å².